The van der Waals surface area contributed by atoms with E-state index >= 15 is 0 Å². The van der Waals surface area contributed by atoms with E-state index < -0.39 is 19.1 Å². The average molecular weight is 453 g/mol. The molecule has 0 N–H and O–H groups in total. The molecule has 0 unspecified atom stereocenters. The van der Waals surface area contributed by atoms with Gasteiger partial charge in [0.05, 0.1) is 0 Å². The summed E-state index contributed by atoms with van der Waals surface area (Å²) in [6, 6.07) is 0. The zero-order chi connectivity index (χ0) is 15.4. The molecule has 0 nitrogen and oxygen atoms in total. The molecule has 4 heteroatoms. The van der Waals surface area contributed by atoms with Crippen molar-refractivity contribution in [3.8, 4) is 0 Å². The van der Waals surface area contributed by atoms with Crippen molar-refractivity contribution in [3.63, 3.8) is 0 Å². The van der Waals surface area contributed by atoms with E-state index in [-0.39, 0.29) is 0 Å². The molecular formula is C18H34Cl2PRu. The van der Waals surface area contributed by atoms with Crippen LogP contribution in [-0.4, -0.2) is 17.0 Å². The van der Waals surface area contributed by atoms with Crippen LogP contribution in [0.15, 0.2) is 0 Å². The third-order valence-electron chi connectivity index (χ3n) is 6.89. The van der Waals surface area contributed by atoms with E-state index in [2.05, 4.69) is 0 Å². The molecule has 3 rings (SSSR count). The number of rotatable bonds is 4. The first-order valence-corrected chi connectivity index (χ1v) is 18.9. The van der Waals surface area contributed by atoms with E-state index in [4.69, 9.17) is 19.4 Å². The Hall–Kier alpha value is 1.63. The third-order valence-corrected chi connectivity index (χ3v) is 30.8. The van der Waals surface area contributed by atoms with Crippen molar-refractivity contribution in [1.29, 1.82) is 0 Å². The molecule has 0 atom stereocenters. The second-order valence-electron chi connectivity index (χ2n) is 8.00. The first kappa shape index (κ1) is 18.4. The summed E-state index contributed by atoms with van der Waals surface area (Å²) in [5, 5.41) is 0. The molecule has 0 amide bonds. The van der Waals surface area contributed by atoms with Crippen LogP contribution in [0.2, 0.25) is 0 Å². The first-order valence-electron chi connectivity index (χ1n) is 9.76. The maximum atomic E-state index is 7.07. The molecule has 0 bridgehead atoms. The molecule has 0 aliphatic heterocycles. The molecule has 3 saturated carbocycles. The molecule has 22 heavy (non-hydrogen) atoms. The monoisotopic (exact) mass is 453 g/mol. The summed E-state index contributed by atoms with van der Waals surface area (Å²) in [7, 11) is 14.1. The molecular weight excluding hydrogens is 419 g/mol. The predicted octanol–water partition coefficient (Wildman–Crippen LogP) is 7.58. The first-order chi connectivity index (χ1) is 10.8. The number of halogens is 2. The van der Waals surface area contributed by atoms with Crippen molar-refractivity contribution in [1.82, 2.24) is 0 Å². The van der Waals surface area contributed by atoms with Crippen LogP contribution < -0.4 is 0 Å². The van der Waals surface area contributed by atoms with Gasteiger partial charge in [-0.15, -0.1) is 0 Å². The summed E-state index contributed by atoms with van der Waals surface area (Å²) in [6.45, 7) is 0. The molecule has 0 aromatic rings. The number of hydrogen-bond acceptors (Lipinski definition) is 0. The molecule has 3 fully saturated rings. The Kier molecular flexibility index (Phi) is 7.40. The maximum absolute atomic E-state index is 7.07. The van der Waals surface area contributed by atoms with Gasteiger partial charge in [-0.25, -0.2) is 0 Å². The fraction of sp³-hybridized carbons (Fsp3) is 1.00. The van der Waals surface area contributed by atoms with Gasteiger partial charge in [-0.2, -0.15) is 0 Å². The standard InChI is InChI=1S/C18H33P.2ClH.Ru/c1-4-10-16(11-5-1)19(17-12-6-2-7-13-17)18-14-8-3-9-15-18;;;/h16-18H,1-15H2;2*1H;/q;;;+1/p-1. The Bertz CT molecular complexity index is 286. The molecule has 0 aromatic carbocycles. The van der Waals surface area contributed by atoms with Gasteiger partial charge in [0.15, 0.2) is 0 Å². The fourth-order valence-electron chi connectivity index (χ4n) is 5.94. The van der Waals surface area contributed by atoms with Gasteiger partial charge in [-0.05, 0) is 0 Å². The van der Waals surface area contributed by atoms with Gasteiger partial charge in [0, 0.05) is 0 Å². The van der Waals surface area contributed by atoms with Crippen LogP contribution in [-0.2, 0) is 13.5 Å². The Morgan fingerprint density at radius 2 is 0.773 bits per heavy atom. The number of hydrogen-bond donors (Lipinski definition) is 0. The van der Waals surface area contributed by atoms with Crippen molar-refractivity contribution in [3.05, 3.63) is 0 Å². The minimum absolute atomic E-state index is 1.00. The van der Waals surface area contributed by atoms with E-state index in [0.717, 1.165) is 17.0 Å². The Balaban J connectivity index is 1.92. The van der Waals surface area contributed by atoms with Gasteiger partial charge < -0.3 is 0 Å². The SMILES string of the molecule is [Cl][Ru]([Cl])[PH](C1CCCCC1)(C1CCCCC1)C1CCCCC1. The van der Waals surface area contributed by atoms with Crippen molar-refractivity contribution >= 4 is 25.0 Å². The van der Waals surface area contributed by atoms with Gasteiger partial charge in [0.1, 0.15) is 0 Å². The van der Waals surface area contributed by atoms with Gasteiger partial charge in [-0.3, -0.25) is 0 Å². The van der Waals surface area contributed by atoms with E-state index in [1.807, 2.05) is 0 Å². The van der Waals surface area contributed by atoms with E-state index in [0.29, 0.717) is 0 Å². The van der Waals surface area contributed by atoms with Crippen molar-refractivity contribution in [2.75, 3.05) is 0 Å². The van der Waals surface area contributed by atoms with Crippen LogP contribution >= 0.6 is 25.0 Å². The van der Waals surface area contributed by atoms with Crippen molar-refractivity contribution in [2.45, 2.75) is 113 Å². The van der Waals surface area contributed by atoms with Gasteiger partial charge >= 0.3 is 152 Å². The summed E-state index contributed by atoms with van der Waals surface area (Å²) < 4.78 is 0. The normalized spacial score (nSPS) is 28.5. The topological polar surface area (TPSA) is 0 Å². The molecule has 0 aromatic heterocycles. The summed E-state index contributed by atoms with van der Waals surface area (Å²) in [5.74, 6) is 0. The van der Waals surface area contributed by atoms with E-state index in [9.17, 15) is 0 Å². The van der Waals surface area contributed by atoms with Crippen LogP contribution in [0.4, 0.5) is 0 Å². The second-order valence-corrected chi connectivity index (χ2v) is 26.2. The van der Waals surface area contributed by atoms with Crippen LogP contribution in [0.5, 0.6) is 0 Å². The molecule has 0 heterocycles. The molecule has 3 aliphatic rings. The predicted molar refractivity (Wildman–Crippen MR) is 101 cm³/mol. The van der Waals surface area contributed by atoms with E-state index in [1.165, 1.54) is 96.3 Å². The summed E-state index contributed by atoms with van der Waals surface area (Å²) in [5.41, 5.74) is 1.51. The Labute approximate surface area is 151 Å². The Morgan fingerprint density at radius 1 is 0.500 bits per heavy atom. The summed E-state index contributed by atoms with van der Waals surface area (Å²) in [4.78, 5) is 0. The van der Waals surface area contributed by atoms with Gasteiger partial charge in [0.2, 0.25) is 0 Å². The van der Waals surface area contributed by atoms with Crippen LogP contribution in [0, 0.1) is 0 Å². The minimum atomic E-state index is -1.61. The Morgan fingerprint density at radius 3 is 1.00 bits per heavy atom. The van der Waals surface area contributed by atoms with Crippen LogP contribution in [0.25, 0.3) is 0 Å². The van der Waals surface area contributed by atoms with Crippen molar-refractivity contribution < 1.29 is 13.5 Å². The van der Waals surface area contributed by atoms with Crippen LogP contribution in [0.3, 0.4) is 0 Å². The third kappa shape index (κ3) is 3.74. The zero-order valence-corrected chi connectivity index (χ0v) is 18.2. The molecule has 0 spiro atoms. The quantitative estimate of drug-likeness (QED) is 0.304. The molecule has 133 valence electrons. The van der Waals surface area contributed by atoms with Crippen molar-refractivity contribution in [2.24, 2.45) is 0 Å². The fourth-order valence-corrected chi connectivity index (χ4v) is 33.4. The van der Waals surface area contributed by atoms with Crippen LogP contribution in [0.1, 0.15) is 96.3 Å². The van der Waals surface area contributed by atoms with Gasteiger partial charge in [-0.1, -0.05) is 0 Å². The summed E-state index contributed by atoms with van der Waals surface area (Å²) >= 11 is -1.61. The molecule has 0 radical (unpaired) electrons. The van der Waals surface area contributed by atoms with Gasteiger partial charge in [0.25, 0.3) is 0 Å². The molecule has 3 aliphatic carbocycles. The van der Waals surface area contributed by atoms with E-state index in [1.54, 1.807) is 0 Å². The summed E-state index contributed by atoms with van der Waals surface area (Å²) in [6.07, 6.45) is 22.1. The average Bonchev–Trinajstić information content (AvgIpc) is 2.58. The molecule has 0 saturated heterocycles. The zero-order valence-electron chi connectivity index (χ0n) is 13.9. The second kappa shape index (κ2) is 8.83.